The molecule has 0 unspecified atom stereocenters. The monoisotopic (exact) mass is 392 g/mol. The molecule has 7 heteroatoms. The molecule has 0 aliphatic carbocycles. The highest BCUT2D eigenvalue weighted by Crippen LogP contribution is 2.41. The fraction of sp³-hybridized carbons (Fsp3) is 0.0500. The Morgan fingerprint density at radius 3 is 2.89 bits per heavy atom. The maximum atomic E-state index is 13.0. The van der Waals surface area contributed by atoms with Gasteiger partial charge in [-0.25, -0.2) is 0 Å². The van der Waals surface area contributed by atoms with E-state index < -0.39 is 0 Å². The molecule has 1 amide bonds. The van der Waals surface area contributed by atoms with Crippen molar-refractivity contribution in [2.24, 2.45) is 0 Å². The summed E-state index contributed by atoms with van der Waals surface area (Å²) in [5.41, 5.74) is 2.49. The van der Waals surface area contributed by atoms with Crippen LogP contribution in [0.2, 0.25) is 0 Å². The second kappa shape index (κ2) is 6.37. The van der Waals surface area contributed by atoms with Gasteiger partial charge in [0.1, 0.15) is 0 Å². The number of benzene rings is 2. The van der Waals surface area contributed by atoms with E-state index in [4.69, 9.17) is 21.7 Å². The van der Waals surface area contributed by atoms with E-state index in [-0.39, 0.29) is 12.7 Å². The van der Waals surface area contributed by atoms with Crippen LogP contribution >= 0.6 is 24.0 Å². The maximum Gasteiger partial charge on any atom is 0.270 e. The summed E-state index contributed by atoms with van der Waals surface area (Å²) in [6.45, 7) is 0.187. The topological polar surface area (TPSA) is 51.7 Å². The third-order valence-electron chi connectivity index (χ3n) is 4.38. The smallest absolute Gasteiger partial charge is 0.270 e. The lowest BCUT2D eigenvalue weighted by Crippen LogP contribution is -2.27. The van der Waals surface area contributed by atoms with Gasteiger partial charge in [-0.1, -0.05) is 42.2 Å². The Bertz CT molecular complexity index is 1140. The summed E-state index contributed by atoms with van der Waals surface area (Å²) in [7, 11) is 0. The molecule has 132 valence electrons. The van der Waals surface area contributed by atoms with Crippen molar-refractivity contribution in [1.29, 1.82) is 0 Å². The quantitative estimate of drug-likeness (QED) is 0.477. The molecule has 3 heterocycles. The molecule has 1 aromatic heterocycles. The fourth-order valence-corrected chi connectivity index (χ4v) is 4.39. The number of ether oxygens (including phenoxy) is 2. The minimum atomic E-state index is -0.148. The number of hydrogen-bond acceptors (Lipinski definition) is 6. The average molecular weight is 392 g/mol. The largest absolute Gasteiger partial charge is 0.454 e. The van der Waals surface area contributed by atoms with Crippen LogP contribution in [0.1, 0.15) is 5.56 Å². The number of para-hydroxylation sites is 1. The van der Waals surface area contributed by atoms with Crippen LogP contribution in [-0.2, 0) is 4.79 Å². The second-order valence-corrected chi connectivity index (χ2v) is 7.65. The Labute approximate surface area is 164 Å². The Morgan fingerprint density at radius 1 is 1.11 bits per heavy atom. The molecule has 3 aromatic rings. The van der Waals surface area contributed by atoms with Gasteiger partial charge in [-0.2, -0.15) is 0 Å². The van der Waals surface area contributed by atoms with Crippen molar-refractivity contribution < 1.29 is 14.3 Å². The van der Waals surface area contributed by atoms with Crippen LogP contribution < -0.4 is 14.4 Å². The third kappa shape index (κ3) is 2.75. The predicted molar refractivity (Wildman–Crippen MR) is 110 cm³/mol. The van der Waals surface area contributed by atoms with Crippen LogP contribution in [-0.4, -0.2) is 22.0 Å². The number of rotatable bonds is 2. The molecule has 1 fully saturated rings. The van der Waals surface area contributed by atoms with E-state index in [9.17, 15) is 4.79 Å². The SMILES string of the molecule is O=C1/C(=C/c2ccnc3ccccc23)SC(=S)N1c1ccc2c(c1)OCO2. The van der Waals surface area contributed by atoms with Crippen molar-refractivity contribution in [3.63, 3.8) is 0 Å². The van der Waals surface area contributed by atoms with Crippen molar-refractivity contribution in [1.82, 2.24) is 4.98 Å². The molecule has 0 bridgehead atoms. The van der Waals surface area contributed by atoms with Crippen LogP contribution in [0, 0.1) is 0 Å². The van der Waals surface area contributed by atoms with Gasteiger partial charge in [0.25, 0.3) is 5.91 Å². The predicted octanol–water partition coefficient (Wildman–Crippen LogP) is 4.37. The normalized spacial score (nSPS) is 17.3. The van der Waals surface area contributed by atoms with Crippen molar-refractivity contribution >= 4 is 56.9 Å². The van der Waals surface area contributed by atoms with E-state index in [0.717, 1.165) is 16.5 Å². The fourth-order valence-electron chi connectivity index (χ4n) is 3.10. The summed E-state index contributed by atoms with van der Waals surface area (Å²) >= 11 is 6.75. The first-order valence-electron chi connectivity index (χ1n) is 8.22. The number of aromatic nitrogens is 1. The number of carbonyl (C=O) groups is 1. The lowest BCUT2D eigenvalue weighted by molar-refractivity contribution is -0.113. The minimum absolute atomic E-state index is 0.148. The average Bonchev–Trinajstić information content (AvgIpc) is 3.26. The van der Waals surface area contributed by atoms with Gasteiger partial charge < -0.3 is 9.47 Å². The van der Waals surface area contributed by atoms with Gasteiger partial charge in [0, 0.05) is 17.6 Å². The minimum Gasteiger partial charge on any atom is -0.454 e. The summed E-state index contributed by atoms with van der Waals surface area (Å²) in [6.07, 6.45) is 3.61. The molecule has 1 saturated heterocycles. The van der Waals surface area contributed by atoms with Crippen LogP contribution in [0.15, 0.2) is 59.6 Å². The summed E-state index contributed by atoms with van der Waals surface area (Å²) in [6, 6.07) is 15.1. The third-order valence-corrected chi connectivity index (χ3v) is 5.68. The molecular weight excluding hydrogens is 380 g/mol. The van der Waals surface area contributed by atoms with Gasteiger partial charge in [0.15, 0.2) is 15.8 Å². The maximum absolute atomic E-state index is 13.0. The zero-order valence-electron chi connectivity index (χ0n) is 13.9. The highest BCUT2D eigenvalue weighted by molar-refractivity contribution is 8.27. The zero-order valence-corrected chi connectivity index (χ0v) is 15.5. The summed E-state index contributed by atoms with van der Waals surface area (Å²) < 4.78 is 11.2. The number of pyridine rings is 1. The first kappa shape index (κ1) is 16.3. The van der Waals surface area contributed by atoms with Crippen LogP contribution in [0.25, 0.3) is 17.0 Å². The Kier molecular flexibility index (Phi) is 3.84. The van der Waals surface area contributed by atoms with Gasteiger partial charge in [-0.05, 0) is 35.9 Å². The van der Waals surface area contributed by atoms with E-state index >= 15 is 0 Å². The molecule has 27 heavy (non-hydrogen) atoms. The number of thiocarbonyl (C=S) groups is 1. The van der Waals surface area contributed by atoms with Gasteiger partial charge in [0.05, 0.1) is 16.1 Å². The van der Waals surface area contributed by atoms with E-state index in [1.165, 1.54) is 16.7 Å². The van der Waals surface area contributed by atoms with Crippen LogP contribution in [0.4, 0.5) is 5.69 Å². The van der Waals surface area contributed by atoms with Gasteiger partial charge >= 0.3 is 0 Å². The van der Waals surface area contributed by atoms with E-state index in [2.05, 4.69) is 4.98 Å². The lowest BCUT2D eigenvalue weighted by Gasteiger charge is -2.14. The number of nitrogens with zero attached hydrogens (tertiary/aromatic N) is 2. The van der Waals surface area contributed by atoms with Crippen molar-refractivity contribution in [2.75, 3.05) is 11.7 Å². The van der Waals surface area contributed by atoms with E-state index in [1.807, 2.05) is 42.5 Å². The highest BCUT2D eigenvalue weighted by Gasteiger charge is 2.34. The Morgan fingerprint density at radius 2 is 1.96 bits per heavy atom. The first-order valence-corrected chi connectivity index (χ1v) is 9.44. The Hall–Kier alpha value is -2.90. The van der Waals surface area contributed by atoms with E-state index in [0.29, 0.717) is 26.4 Å². The summed E-state index contributed by atoms with van der Waals surface area (Å²) in [5.74, 6) is 1.14. The van der Waals surface area contributed by atoms with Crippen molar-refractivity contribution in [3.05, 3.63) is 65.2 Å². The number of carbonyl (C=O) groups excluding carboxylic acids is 1. The van der Waals surface area contributed by atoms with Crippen molar-refractivity contribution in [2.45, 2.75) is 0 Å². The second-order valence-electron chi connectivity index (χ2n) is 5.97. The first-order chi connectivity index (χ1) is 13.2. The number of anilines is 1. The summed E-state index contributed by atoms with van der Waals surface area (Å²) in [5, 5.41) is 0.994. The molecule has 0 radical (unpaired) electrons. The van der Waals surface area contributed by atoms with Gasteiger partial charge in [0.2, 0.25) is 6.79 Å². The van der Waals surface area contributed by atoms with E-state index in [1.54, 1.807) is 18.3 Å². The molecule has 2 aromatic carbocycles. The Balaban J connectivity index is 1.53. The molecule has 0 N–H and O–H groups in total. The number of thioether (sulfide) groups is 1. The molecule has 2 aliphatic rings. The lowest BCUT2D eigenvalue weighted by atomic mass is 10.1. The summed E-state index contributed by atoms with van der Waals surface area (Å²) in [4.78, 5) is 19.5. The molecule has 5 rings (SSSR count). The van der Waals surface area contributed by atoms with Gasteiger partial charge in [-0.15, -0.1) is 0 Å². The number of fused-ring (bicyclic) bond motifs is 2. The number of hydrogen-bond donors (Lipinski definition) is 0. The molecule has 2 aliphatic heterocycles. The standard InChI is InChI=1S/C20H12N2O3S2/c23-19-18(9-12-7-8-21-15-4-2-1-3-14(12)15)27-20(26)22(19)13-5-6-16-17(10-13)25-11-24-16/h1-10H,11H2/b18-9-. The molecule has 0 saturated carbocycles. The molecule has 5 nitrogen and oxygen atoms in total. The van der Waals surface area contributed by atoms with Crippen LogP contribution in [0.5, 0.6) is 11.5 Å². The molecule has 0 spiro atoms. The number of amides is 1. The zero-order chi connectivity index (χ0) is 18.4. The van der Waals surface area contributed by atoms with Crippen molar-refractivity contribution in [3.8, 4) is 11.5 Å². The highest BCUT2D eigenvalue weighted by atomic mass is 32.2. The molecular formula is C20H12N2O3S2. The van der Waals surface area contributed by atoms with Gasteiger partial charge in [-0.3, -0.25) is 14.7 Å². The van der Waals surface area contributed by atoms with Crippen LogP contribution in [0.3, 0.4) is 0 Å². The molecule has 0 atom stereocenters.